The van der Waals surface area contributed by atoms with E-state index in [2.05, 4.69) is 37.0 Å². The second kappa shape index (κ2) is 10.2. The second-order valence-electron chi connectivity index (χ2n) is 8.47. The third-order valence-corrected chi connectivity index (χ3v) is 6.14. The van der Waals surface area contributed by atoms with Crippen LogP contribution in [0.3, 0.4) is 0 Å². The Morgan fingerprint density at radius 3 is 2.63 bits per heavy atom. The summed E-state index contributed by atoms with van der Waals surface area (Å²) in [6.45, 7) is 5.90. The zero-order valence-corrected chi connectivity index (χ0v) is 19.7. The maximum atomic E-state index is 8.88. The van der Waals surface area contributed by atoms with Crippen LogP contribution in [0.15, 0.2) is 53.1 Å². The van der Waals surface area contributed by atoms with Crippen LogP contribution >= 0.6 is 0 Å². The lowest BCUT2D eigenvalue weighted by atomic mass is 10.2. The van der Waals surface area contributed by atoms with Gasteiger partial charge in [0, 0.05) is 58.1 Å². The van der Waals surface area contributed by atoms with Crippen LogP contribution < -0.4 is 20.3 Å². The lowest BCUT2D eigenvalue weighted by Gasteiger charge is -2.36. The molecule has 0 amide bonds. The minimum absolute atomic E-state index is 0.0173. The lowest BCUT2D eigenvalue weighted by molar-refractivity contribution is 0.201. The van der Waals surface area contributed by atoms with Gasteiger partial charge in [-0.3, -0.25) is 4.90 Å². The van der Waals surface area contributed by atoms with Crippen LogP contribution in [0.1, 0.15) is 0 Å². The third-order valence-electron chi connectivity index (χ3n) is 6.14. The predicted molar refractivity (Wildman–Crippen MR) is 134 cm³/mol. The molecule has 0 radical (unpaired) electrons. The van der Waals surface area contributed by atoms with E-state index in [-0.39, 0.29) is 12.6 Å². The van der Waals surface area contributed by atoms with Crippen molar-refractivity contribution in [3.8, 4) is 17.2 Å². The fourth-order valence-electron chi connectivity index (χ4n) is 4.15. The zero-order chi connectivity index (χ0) is 24.2. The zero-order valence-electron chi connectivity index (χ0n) is 19.7. The van der Waals surface area contributed by atoms with Gasteiger partial charge in [-0.2, -0.15) is 19.6 Å². The number of hydrogen-bond donors (Lipinski definition) is 2. The number of nitrogens with zero attached hydrogens (tertiary/aromatic N) is 7. The Balaban J connectivity index is 1.15. The Bertz CT molecular complexity index is 1230. The van der Waals surface area contributed by atoms with Gasteiger partial charge < -0.3 is 29.8 Å². The number of nitrogens with two attached hydrogens (primary N) is 1. The van der Waals surface area contributed by atoms with Crippen LogP contribution in [0.2, 0.25) is 0 Å². The SMILES string of the molecule is CN(CCN1CCN(c2ccc(OCCO)cc2)CC1)c1nc(N)n2nc(-c3ccco3)cc2n1. The van der Waals surface area contributed by atoms with Gasteiger partial charge in [0.2, 0.25) is 11.9 Å². The average Bonchev–Trinajstić information content (AvgIpc) is 3.57. The molecule has 11 nitrogen and oxygen atoms in total. The standard InChI is InChI=1S/C24H30N8O3/c1-29(24-26-22-17-20(21-3-2-15-35-21)28-32(22)23(25)27-24)8-9-30-10-12-31(13-11-30)18-4-6-19(7-5-18)34-16-14-33/h2-7,15,17,33H,8-14,16H2,1H3,(H2,25,26,27). The topological polar surface area (TPSA) is 121 Å². The van der Waals surface area contributed by atoms with Gasteiger partial charge >= 0.3 is 0 Å². The van der Waals surface area contributed by atoms with Crippen molar-refractivity contribution >= 4 is 23.2 Å². The highest BCUT2D eigenvalue weighted by molar-refractivity contribution is 5.61. The molecular formula is C24H30N8O3. The van der Waals surface area contributed by atoms with E-state index in [1.54, 1.807) is 6.26 Å². The minimum atomic E-state index is 0.0173. The quantitative estimate of drug-likeness (QED) is 0.367. The third kappa shape index (κ3) is 5.15. The first-order valence-corrected chi connectivity index (χ1v) is 11.7. The number of furan rings is 1. The van der Waals surface area contributed by atoms with E-state index in [0.29, 0.717) is 29.7 Å². The summed E-state index contributed by atoms with van der Waals surface area (Å²) in [6.07, 6.45) is 1.61. The van der Waals surface area contributed by atoms with Gasteiger partial charge in [0.25, 0.3) is 0 Å². The minimum Gasteiger partial charge on any atom is -0.491 e. The first-order chi connectivity index (χ1) is 17.1. The molecule has 0 atom stereocenters. The van der Waals surface area contributed by atoms with Crippen molar-refractivity contribution in [3.05, 3.63) is 48.7 Å². The number of nitrogen functional groups attached to an aromatic ring is 1. The number of aliphatic hydroxyl groups is 1. The van der Waals surface area contributed by atoms with Crippen molar-refractivity contribution in [2.75, 3.05) is 75.1 Å². The van der Waals surface area contributed by atoms with Crippen molar-refractivity contribution in [3.63, 3.8) is 0 Å². The Morgan fingerprint density at radius 2 is 1.91 bits per heavy atom. The number of ether oxygens (including phenoxy) is 1. The molecule has 0 aliphatic carbocycles. The van der Waals surface area contributed by atoms with Gasteiger partial charge in [0.15, 0.2) is 11.4 Å². The predicted octanol–water partition coefficient (Wildman–Crippen LogP) is 1.60. The van der Waals surface area contributed by atoms with E-state index < -0.39 is 0 Å². The maximum absolute atomic E-state index is 8.88. The summed E-state index contributed by atoms with van der Waals surface area (Å²) < 4.78 is 12.4. The van der Waals surface area contributed by atoms with E-state index in [0.717, 1.165) is 45.0 Å². The molecule has 0 bridgehead atoms. The molecule has 3 aromatic heterocycles. The van der Waals surface area contributed by atoms with Gasteiger partial charge in [0.1, 0.15) is 18.1 Å². The molecule has 1 aliphatic heterocycles. The Labute approximate surface area is 203 Å². The van der Waals surface area contributed by atoms with Gasteiger partial charge in [-0.25, -0.2) is 0 Å². The normalized spacial score (nSPS) is 14.5. The number of anilines is 3. The van der Waals surface area contributed by atoms with Crippen LogP contribution in [-0.4, -0.2) is 89.1 Å². The van der Waals surface area contributed by atoms with Gasteiger partial charge in [0.05, 0.1) is 12.9 Å². The first kappa shape index (κ1) is 22.9. The molecule has 4 aromatic rings. The summed E-state index contributed by atoms with van der Waals surface area (Å²) in [6, 6.07) is 13.6. The van der Waals surface area contributed by atoms with Crippen molar-refractivity contribution in [2.24, 2.45) is 0 Å². The van der Waals surface area contributed by atoms with Crippen LogP contribution in [0.4, 0.5) is 17.6 Å². The Hall–Kier alpha value is -3.83. The van der Waals surface area contributed by atoms with E-state index in [1.807, 2.05) is 42.3 Å². The number of fused-ring (bicyclic) bond motifs is 1. The lowest BCUT2D eigenvalue weighted by Crippen LogP contribution is -2.48. The average molecular weight is 479 g/mol. The fourth-order valence-corrected chi connectivity index (χ4v) is 4.15. The second-order valence-corrected chi connectivity index (χ2v) is 8.47. The van der Waals surface area contributed by atoms with Crippen molar-refractivity contribution in [1.29, 1.82) is 0 Å². The molecule has 1 fully saturated rings. The van der Waals surface area contributed by atoms with Crippen LogP contribution in [0.5, 0.6) is 5.75 Å². The molecule has 1 aliphatic rings. The molecule has 0 saturated carbocycles. The molecule has 4 heterocycles. The summed E-state index contributed by atoms with van der Waals surface area (Å²) in [5.41, 5.74) is 8.65. The largest absolute Gasteiger partial charge is 0.491 e. The first-order valence-electron chi connectivity index (χ1n) is 11.7. The van der Waals surface area contributed by atoms with Gasteiger partial charge in [-0.05, 0) is 36.4 Å². The molecule has 1 saturated heterocycles. The number of benzene rings is 1. The molecule has 1 aromatic carbocycles. The number of aliphatic hydroxyl groups excluding tert-OH is 1. The molecule has 0 spiro atoms. The highest BCUT2D eigenvalue weighted by atomic mass is 16.5. The number of hydrogen-bond acceptors (Lipinski definition) is 10. The summed E-state index contributed by atoms with van der Waals surface area (Å²) in [7, 11) is 1.98. The van der Waals surface area contributed by atoms with Gasteiger partial charge in [-0.1, -0.05) is 0 Å². The number of aromatic nitrogens is 4. The Morgan fingerprint density at radius 1 is 1.11 bits per heavy atom. The summed E-state index contributed by atoms with van der Waals surface area (Å²) in [5.74, 6) is 2.30. The van der Waals surface area contributed by atoms with E-state index in [4.69, 9.17) is 20.0 Å². The molecular weight excluding hydrogens is 448 g/mol. The van der Waals surface area contributed by atoms with E-state index >= 15 is 0 Å². The van der Waals surface area contributed by atoms with Crippen LogP contribution in [-0.2, 0) is 0 Å². The number of piperazine rings is 1. The Kier molecular flexibility index (Phi) is 6.68. The molecule has 184 valence electrons. The smallest absolute Gasteiger partial charge is 0.230 e. The molecule has 35 heavy (non-hydrogen) atoms. The number of rotatable bonds is 9. The highest BCUT2D eigenvalue weighted by Crippen LogP contribution is 2.23. The monoisotopic (exact) mass is 478 g/mol. The fraction of sp³-hybridized carbons (Fsp3) is 0.375. The van der Waals surface area contributed by atoms with Crippen molar-refractivity contribution < 1.29 is 14.3 Å². The highest BCUT2D eigenvalue weighted by Gasteiger charge is 2.19. The summed E-state index contributed by atoms with van der Waals surface area (Å²) in [5, 5.41) is 13.3. The maximum Gasteiger partial charge on any atom is 0.230 e. The molecule has 0 unspecified atom stereocenters. The summed E-state index contributed by atoms with van der Waals surface area (Å²) >= 11 is 0. The van der Waals surface area contributed by atoms with E-state index in [1.165, 1.54) is 10.2 Å². The molecule has 11 heteroatoms. The van der Waals surface area contributed by atoms with Crippen LogP contribution in [0.25, 0.3) is 17.1 Å². The van der Waals surface area contributed by atoms with Gasteiger partial charge in [-0.15, -0.1) is 0 Å². The summed E-state index contributed by atoms with van der Waals surface area (Å²) in [4.78, 5) is 15.9. The molecule has 5 rings (SSSR count). The van der Waals surface area contributed by atoms with Crippen LogP contribution in [0, 0.1) is 0 Å². The van der Waals surface area contributed by atoms with E-state index in [9.17, 15) is 0 Å². The molecule has 3 N–H and O–H groups in total. The number of likely N-dealkylation sites (N-methyl/N-ethyl adjacent to an activating group) is 1. The van der Waals surface area contributed by atoms with Crippen molar-refractivity contribution in [1.82, 2.24) is 24.5 Å². The van der Waals surface area contributed by atoms with Crippen molar-refractivity contribution in [2.45, 2.75) is 0 Å².